The molecular formula is C14H20BrNO3. The fraction of sp³-hybridized carbons (Fsp3) is 0.571. The number of hydrogen-bond donors (Lipinski definition) is 2. The van der Waals surface area contributed by atoms with Crippen molar-refractivity contribution < 1.29 is 14.6 Å². The van der Waals surface area contributed by atoms with Gasteiger partial charge in [0.05, 0.1) is 6.61 Å². The zero-order chi connectivity index (χ0) is 13.7. The molecule has 4 nitrogen and oxygen atoms in total. The van der Waals surface area contributed by atoms with E-state index in [-0.39, 0.29) is 13.2 Å². The van der Waals surface area contributed by atoms with E-state index in [2.05, 4.69) is 21.2 Å². The third-order valence-corrected chi connectivity index (χ3v) is 3.75. The molecule has 5 heteroatoms. The second-order valence-corrected chi connectivity index (χ2v) is 5.68. The number of aliphatic hydroxyl groups is 1. The molecule has 1 saturated carbocycles. The minimum absolute atomic E-state index is 0.241. The number of hydrogen-bond acceptors (Lipinski definition) is 4. The van der Waals surface area contributed by atoms with Crippen molar-refractivity contribution in [3.05, 3.63) is 28.2 Å². The lowest BCUT2D eigenvalue weighted by Gasteiger charge is -2.13. The quantitative estimate of drug-likeness (QED) is 0.766. The van der Waals surface area contributed by atoms with Crippen molar-refractivity contribution in [3.8, 4) is 5.75 Å². The Labute approximate surface area is 122 Å². The summed E-state index contributed by atoms with van der Waals surface area (Å²) in [6, 6.07) is 6.55. The van der Waals surface area contributed by atoms with Crippen LogP contribution in [0.1, 0.15) is 18.4 Å². The van der Waals surface area contributed by atoms with Gasteiger partial charge in [-0.25, -0.2) is 0 Å². The zero-order valence-electron chi connectivity index (χ0n) is 11.1. The van der Waals surface area contributed by atoms with Crippen molar-refractivity contribution in [3.63, 3.8) is 0 Å². The number of rotatable bonds is 8. The van der Waals surface area contributed by atoms with Gasteiger partial charge in [-0.15, -0.1) is 0 Å². The van der Waals surface area contributed by atoms with Crippen LogP contribution in [0.3, 0.4) is 0 Å². The molecule has 2 rings (SSSR count). The Balaban J connectivity index is 1.87. The Bertz CT molecular complexity index is 410. The van der Waals surface area contributed by atoms with Gasteiger partial charge in [0.25, 0.3) is 0 Å². The largest absolute Gasteiger partial charge is 0.491 e. The maximum atomic E-state index is 9.55. The van der Waals surface area contributed by atoms with Crippen molar-refractivity contribution >= 4 is 15.9 Å². The van der Waals surface area contributed by atoms with Gasteiger partial charge < -0.3 is 19.9 Å². The van der Waals surface area contributed by atoms with Crippen molar-refractivity contribution in [2.75, 3.05) is 20.3 Å². The zero-order valence-corrected chi connectivity index (χ0v) is 12.6. The summed E-state index contributed by atoms with van der Waals surface area (Å²) in [5, 5.41) is 13.0. The van der Waals surface area contributed by atoms with Crippen LogP contribution in [0, 0.1) is 0 Å². The van der Waals surface area contributed by atoms with Crippen LogP contribution >= 0.6 is 15.9 Å². The summed E-state index contributed by atoms with van der Waals surface area (Å²) in [7, 11) is 1.56. The molecule has 0 aliphatic heterocycles. The molecule has 0 radical (unpaired) electrons. The van der Waals surface area contributed by atoms with Crippen LogP contribution in [0.2, 0.25) is 0 Å². The molecule has 0 bridgehead atoms. The second-order valence-electron chi connectivity index (χ2n) is 4.83. The first-order chi connectivity index (χ1) is 9.19. The number of aliphatic hydroxyl groups excluding tert-OH is 1. The van der Waals surface area contributed by atoms with Gasteiger partial charge in [0.2, 0.25) is 0 Å². The van der Waals surface area contributed by atoms with Gasteiger partial charge in [-0.2, -0.15) is 0 Å². The number of halogens is 1. The van der Waals surface area contributed by atoms with Gasteiger partial charge in [0.15, 0.2) is 0 Å². The molecule has 0 amide bonds. The van der Waals surface area contributed by atoms with Crippen LogP contribution in [0.4, 0.5) is 0 Å². The number of ether oxygens (including phenoxy) is 2. The van der Waals surface area contributed by atoms with Crippen LogP contribution < -0.4 is 10.1 Å². The highest BCUT2D eigenvalue weighted by atomic mass is 79.9. The molecule has 1 aliphatic carbocycles. The van der Waals surface area contributed by atoms with Crippen LogP contribution in [-0.2, 0) is 11.3 Å². The maximum absolute atomic E-state index is 9.55. The lowest BCUT2D eigenvalue weighted by Crippen LogP contribution is -2.22. The molecule has 0 spiro atoms. The average Bonchev–Trinajstić information content (AvgIpc) is 3.21. The molecule has 0 heterocycles. The summed E-state index contributed by atoms with van der Waals surface area (Å²) in [4.78, 5) is 0. The summed E-state index contributed by atoms with van der Waals surface area (Å²) in [6.45, 7) is 1.36. The lowest BCUT2D eigenvalue weighted by atomic mass is 10.2. The van der Waals surface area contributed by atoms with E-state index in [0.29, 0.717) is 6.04 Å². The van der Waals surface area contributed by atoms with Crippen molar-refractivity contribution in [2.24, 2.45) is 0 Å². The molecule has 1 aromatic rings. The second kappa shape index (κ2) is 7.24. The van der Waals surface area contributed by atoms with Gasteiger partial charge in [0, 0.05) is 24.2 Å². The van der Waals surface area contributed by atoms with Crippen molar-refractivity contribution in [2.45, 2.75) is 31.5 Å². The molecule has 1 unspecified atom stereocenters. The molecule has 106 valence electrons. The molecule has 1 fully saturated rings. The topological polar surface area (TPSA) is 50.7 Å². The first-order valence-electron chi connectivity index (χ1n) is 6.50. The molecule has 1 aromatic carbocycles. The first kappa shape index (κ1) is 14.8. The Morgan fingerprint density at radius 3 is 2.89 bits per heavy atom. The molecule has 2 N–H and O–H groups in total. The highest BCUT2D eigenvalue weighted by molar-refractivity contribution is 9.10. The highest BCUT2D eigenvalue weighted by Gasteiger charge is 2.20. The van der Waals surface area contributed by atoms with Gasteiger partial charge in [0.1, 0.15) is 18.5 Å². The van der Waals surface area contributed by atoms with Crippen molar-refractivity contribution in [1.82, 2.24) is 5.32 Å². The van der Waals surface area contributed by atoms with E-state index in [1.54, 1.807) is 7.11 Å². The number of nitrogens with one attached hydrogen (secondary N) is 1. The SMILES string of the molecule is COCC(O)COc1ccc(Br)c(CNC2CC2)c1. The molecule has 19 heavy (non-hydrogen) atoms. The van der Waals surface area contributed by atoms with E-state index >= 15 is 0 Å². The van der Waals surface area contributed by atoms with E-state index in [1.807, 2.05) is 18.2 Å². The first-order valence-corrected chi connectivity index (χ1v) is 7.30. The Hall–Kier alpha value is -0.620. The fourth-order valence-electron chi connectivity index (χ4n) is 1.75. The monoisotopic (exact) mass is 329 g/mol. The predicted molar refractivity (Wildman–Crippen MR) is 77.4 cm³/mol. The Morgan fingerprint density at radius 2 is 2.21 bits per heavy atom. The van der Waals surface area contributed by atoms with Gasteiger partial charge in [-0.05, 0) is 36.6 Å². The Kier molecular flexibility index (Phi) is 5.63. The summed E-state index contributed by atoms with van der Waals surface area (Å²) in [5.74, 6) is 0.769. The van der Waals surface area contributed by atoms with E-state index in [1.165, 1.54) is 18.4 Å². The van der Waals surface area contributed by atoms with E-state index in [4.69, 9.17) is 9.47 Å². The normalized spacial score (nSPS) is 16.4. The van der Waals surface area contributed by atoms with E-state index in [9.17, 15) is 5.11 Å². The summed E-state index contributed by atoms with van der Waals surface area (Å²) in [6.07, 6.45) is 1.95. The average molecular weight is 330 g/mol. The van der Waals surface area contributed by atoms with Crippen LogP contribution in [0.15, 0.2) is 22.7 Å². The molecule has 0 saturated heterocycles. The van der Waals surface area contributed by atoms with Crippen molar-refractivity contribution in [1.29, 1.82) is 0 Å². The Morgan fingerprint density at radius 1 is 1.42 bits per heavy atom. The fourth-order valence-corrected chi connectivity index (χ4v) is 2.14. The van der Waals surface area contributed by atoms with Crippen LogP contribution in [0.5, 0.6) is 5.75 Å². The molecule has 0 aromatic heterocycles. The third-order valence-electron chi connectivity index (χ3n) is 2.98. The molecule has 1 aliphatic rings. The van der Waals surface area contributed by atoms with Gasteiger partial charge in [-0.1, -0.05) is 15.9 Å². The number of methoxy groups -OCH3 is 1. The highest BCUT2D eigenvalue weighted by Crippen LogP contribution is 2.25. The number of benzene rings is 1. The predicted octanol–water partition coefficient (Wildman–Crippen LogP) is 2.09. The minimum atomic E-state index is -0.596. The third kappa shape index (κ3) is 5.10. The van der Waals surface area contributed by atoms with Gasteiger partial charge in [-0.3, -0.25) is 0 Å². The van der Waals surface area contributed by atoms with E-state index in [0.717, 1.165) is 16.8 Å². The smallest absolute Gasteiger partial charge is 0.119 e. The van der Waals surface area contributed by atoms with Gasteiger partial charge >= 0.3 is 0 Å². The summed E-state index contributed by atoms with van der Waals surface area (Å²) >= 11 is 3.54. The maximum Gasteiger partial charge on any atom is 0.119 e. The lowest BCUT2D eigenvalue weighted by molar-refractivity contribution is 0.0325. The molecule has 1 atom stereocenters. The minimum Gasteiger partial charge on any atom is -0.491 e. The molecular weight excluding hydrogens is 310 g/mol. The summed E-state index contributed by atoms with van der Waals surface area (Å²) < 4.78 is 11.5. The van der Waals surface area contributed by atoms with Crippen LogP contribution in [-0.4, -0.2) is 37.6 Å². The van der Waals surface area contributed by atoms with Crippen LogP contribution in [0.25, 0.3) is 0 Å². The van der Waals surface area contributed by atoms with E-state index < -0.39 is 6.10 Å². The standard InChI is InChI=1S/C14H20BrNO3/c1-18-8-12(17)9-19-13-4-5-14(15)10(6-13)7-16-11-2-3-11/h4-6,11-12,16-17H,2-3,7-9H2,1H3. The summed E-state index contributed by atoms with van der Waals surface area (Å²) in [5.41, 5.74) is 1.17.